The summed E-state index contributed by atoms with van der Waals surface area (Å²) < 4.78 is 1.85. The number of aryl methyl sites for hydroxylation is 1. The number of amides is 2. The maximum Gasteiger partial charge on any atom is 0.239 e. The van der Waals surface area contributed by atoms with E-state index in [1.807, 2.05) is 17.5 Å². The Bertz CT molecular complexity index is 875. The fraction of sp³-hybridized carbons (Fsp3) is 0.786. The van der Waals surface area contributed by atoms with Crippen molar-refractivity contribution in [2.45, 2.75) is 136 Å². The van der Waals surface area contributed by atoms with Gasteiger partial charge in [0.05, 0.1) is 12.6 Å². The topological polar surface area (TPSA) is 104 Å². The first-order valence-electron chi connectivity index (χ1n) is 14.5. The Morgan fingerprint density at radius 2 is 1.42 bits per heavy atom. The quantitative estimate of drug-likeness (QED) is 0.174. The smallest absolute Gasteiger partial charge is 0.239 e. The molecule has 36 heavy (non-hydrogen) atoms. The van der Waals surface area contributed by atoms with Gasteiger partial charge in [0.2, 0.25) is 11.8 Å². The number of rotatable bonds is 21. The van der Waals surface area contributed by atoms with Gasteiger partial charge < -0.3 is 10.6 Å². The van der Waals surface area contributed by atoms with Crippen molar-refractivity contribution < 1.29 is 9.59 Å². The third-order valence-corrected chi connectivity index (χ3v) is 6.79. The number of hydrogen-bond acceptors (Lipinski definition) is 4. The Kier molecular flexibility index (Phi) is 14.9. The van der Waals surface area contributed by atoms with Crippen molar-refractivity contribution in [1.82, 2.24) is 30.4 Å². The first-order valence-corrected chi connectivity index (χ1v) is 14.5. The van der Waals surface area contributed by atoms with Crippen LogP contribution in [0, 0.1) is 6.92 Å². The number of nitrogens with one attached hydrogen (secondary N) is 3. The fourth-order valence-corrected chi connectivity index (χ4v) is 4.65. The largest absolute Gasteiger partial charge is 0.347 e. The Hall–Kier alpha value is -2.38. The van der Waals surface area contributed by atoms with Crippen LogP contribution in [0.15, 0.2) is 6.07 Å². The summed E-state index contributed by atoms with van der Waals surface area (Å²) in [4.78, 5) is 24.8. The van der Waals surface area contributed by atoms with E-state index < -0.39 is 0 Å². The molecular weight excluding hydrogens is 452 g/mol. The molecule has 1 atom stereocenters. The predicted molar refractivity (Wildman–Crippen MR) is 146 cm³/mol. The zero-order valence-corrected chi connectivity index (χ0v) is 23.0. The summed E-state index contributed by atoms with van der Waals surface area (Å²) in [7, 11) is 0. The van der Waals surface area contributed by atoms with Gasteiger partial charge in [-0.1, -0.05) is 104 Å². The van der Waals surface area contributed by atoms with Crippen LogP contribution in [0.1, 0.15) is 141 Å². The molecule has 204 valence electrons. The van der Waals surface area contributed by atoms with E-state index in [2.05, 4.69) is 39.8 Å². The molecule has 0 aliphatic carbocycles. The number of aromatic nitrogens is 4. The van der Waals surface area contributed by atoms with Gasteiger partial charge in [-0.25, -0.2) is 4.52 Å². The average molecular weight is 503 g/mol. The second-order valence-corrected chi connectivity index (χ2v) is 10.2. The van der Waals surface area contributed by atoms with Crippen LogP contribution in [0.3, 0.4) is 0 Å². The number of unbranched alkanes of at least 4 members (excludes halogenated alkanes) is 13. The van der Waals surface area contributed by atoms with Crippen molar-refractivity contribution in [2.24, 2.45) is 0 Å². The molecule has 0 bridgehead atoms. The van der Waals surface area contributed by atoms with Crippen LogP contribution in [0.2, 0.25) is 0 Å². The van der Waals surface area contributed by atoms with Crippen LogP contribution in [-0.2, 0) is 9.59 Å². The van der Waals surface area contributed by atoms with Crippen molar-refractivity contribution in [1.29, 1.82) is 0 Å². The normalized spacial score (nSPS) is 12.2. The average Bonchev–Trinajstić information content (AvgIpc) is 3.42. The molecule has 0 fully saturated rings. The number of aromatic amines is 1. The molecule has 0 aliphatic rings. The van der Waals surface area contributed by atoms with Crippen LogP contribution >= 0.6 is 0 Å². The summed E-state index contributed by atoms with van der Waals surface area (Å²) in [6, 6.07) is 1.70. The molecule has 1 unspecified atom stereocenters. The molecule has 3 N–H and O–H groups in total. The molecule has 0 radical (unpaired) electrons. The van der Waals surface area contributed by atoms with Crippen molar-refractivity contribution >= 4 is 17.5 Å². The van der Waals surface area contributed by atoms with E-state index >= 15 is 0 Å². The summed E-state index contributed by atoms with van der Waals surface area (Å²) in [5.74, 6) is 0.466. The number of H-pyrrole nitrogens is 1. The van der Waals surface area contributed by atoms with Crippen molar-refractivity contribution in [2.75, 3.05) is 6.54 Å². The summed E-state index contributed by atoms with van der Waals surface area (Å²) >= 11 is 0. The minimum atomic E-state index is -0.245. The molecule has 0 saturated heterocycles. The minimum Gasteiger partial charge on any atom is -0.347 e. The van der Waals surface area contributed by atoms with E-state index in [4.69, 9.17) is 0 Å². The molecule has 2 amide bonds. The Balaban J connectivity index is 1.78. The van der Waals surface area contributed by atoms with Gasteiger partial charge in [0, 0.05) is 18.2 Å². The fourth-order valence-electron chi connectivity index (χ4n) is 4.65. The molecule has 2 aromatic rings. The maximum absolute atomic E-state index is 12.7. The highest BCUT2D eigenvalue weighted by atomic mass is 16.2. The number of carbonyl (C=O) groups excluding carboxylic acids is 2. The van der Waals surface area contributed by atoms with Gasteiger partial charge in [0.25, 0.3) is 0 Å². The highest BCUT2D eigenvalue weighted by Gasteiger charge is 2.21. The van der Waals surface area contributed by atoms with Crippen molar-refractivity contribution in [3.05, 3.63) is 17.6 Å². The lowest BCUT2D eigenvalue weighted by Crippen LogP contribution is -2.39. The van der Waals surface area contributed by atoms with Gasteiger partial charge in [-0.05, 0) is 19.8 Å². The van der Waals surface area contributed by atoms with E-state index in [0.29, 0.717) is 12.2 Å². The van der Waals surface area contributed by atoms with Crippen molar-refractivity contribution in [3.63, 3.8) is 0 Å². The Labute approximate surface area is 217 Å². The molecule has 2 aromatic heterocycles. The molecule has 0 aliphatic heterocycles. The zero-order chi connectivity index (χ0) is 26.0. The second kappa shape index (κ2) is 18.0. The molecule has 2 heterocycles. The first kappa shape index (κ1) is 29.8. The van der Waals surface area contributed by atoms with Gasteiger partial charge in [0.1, 0.15) is 0 Å². The molecule has 2 rings (SSSR count). The van der Waals surface area contributed by atoms with E-state index in [1.54, 1.807) is 0 Å². The van der Waals surface area contributed by atoms with E-state index in [9.17, 15) is 9.59 Å². The lowest BCUT2D eigenvalue weighted by molar-refractivity contribution is -0.126. The van der Waals surface area contributed by atoms with Crippen LogP contribution in [-0.4, -0.2) is 38.2 Å². The van der Waals surface area contributed by atoms with Gasteiger partial charge in [0.15, 0.2) is 11.5 Å². The third-order valence-electron chi connectivity index (χ3n) is 6.79. The Morgan fingerprint density at radius 3 is 2.06 bits per heavy atom. The lowest BCUT2D eigenvalue weighted by atomic mass is 10.0. The monoisotopic (exact) mass is 502 g/mol. The number of nitrogens with zero attached hydrogens (tertiary/aromatic N) is 3. The van der Waals surface area contributed by atoms with Gasteiger partial charge in [-0.2, -0.15) is 0 Å². The van der Waals surface area contributed by atoms with Gasteiger partial charge >= 0.3 is 0 Å². The Morgan fingerprint density at radius 1 is 0.833 bits per heavy atom. The van der Waals surface area contributed by atoms with Crippen LogP contribution in [0.25, 0.3) is 5.65 Å². The van der Waals surface area contributed by atoms with E-state index in [0.717, 1.165) is 49.9 Å². The summed E-state index contributed by atoms with van der Waals surface area (Å²) in [6.45, 7) is 6.40. The highest BCUT2D eigenvalue weighted by Crippen LogP contribution is 2.20. The number of carbonyl (C=O) groups is 2. The predicted octanol–water partition coefficient (Wildman–Crippen LogP) is 6.31. The summed E-state index contributed by atoms with van der Waals surface area (Å²) in [5.41, 5.74) is 1.75. The molecule has 0 saturated carbocycles. The third kappa shape index (κ3) is 11.6. The van der Waals surface area contributed by atoms with Crippen molar-refractivity contribution in [3.8, 4) is 0 Å². The SMILES string of the molecule is CCCCCCCCCCCCC(NC(=O)CNC(=O)CCCCCCC)c1nnc2cc(C)[nH]n12. The van der Waals surface area contributed by atoms with Crippen LogP contribution < -0.4 is 10.6 Å². The molecule has 8 nitrogen and oxygen atoms in total. The summed E-state index contributed by atoms with van der Waals surface area (Å²) in [6.07, 6.45) is 19.4. The standard InChI is InChI=1S/C28H50N6O2/c1-4-6-8-10-11-12-13-14-16-17-19-24(28-32-31-25-21-23(3)33-34(25)28)30-27(36)22-29-26(35)20-18-15-9-7-5-2/h21,24,33H,4-20,22H2,1-3H3,(H,29,35)(H,30,36). The van der Waals surface area contributed by atoms with Gasteiger partial charge in [-0.3, -0.25) is 14.7 Å². The van der Waals surface area contributed by atoms with Crippen LogP contribution in [0.5, 0.6) is 0 Å². The second-order valence-electron chi connectivity index (χ2n) is 10.2. The van der Waals surface area contributed by atoms with Crippen LogP contribution in [0.4, 0.5) is 0 Å². The molecule has 8 heteroatoms. The number of hydrogen-bond donors (Lipinski definition) is 3. The minimum absolute atomic E-state index is 0.00593. The first-order chi connectivity index (χ1) is 17.5. The van der Waals surface area contributed by atoms with E-state index in [-0.39, 0.29) is 24.4 Å². The molecule has 0 aromatic carbocycles. The summed E-state index contributed by atoms with van der Waals surface area (Å²) in [5, 5.41) is 17.7. The zero-order valence-electron chi connectivity index (χ0n) is 23.0. The van der Waals surface area contributed by atoms with Gasteiger partial charge in [-0.15, -0.1) is 10.2 Å². The highest BCUT2D eigenvalue weighted by molar-refractivity contribution is 5.84. The molecule has 0 spiro atoms. The number of fused-ring (bicyclic) bond motifs is 1. The molecular formula is C28H50N6O2. The lowest BCUT2D eigenvalue weighted by Gasteiger charge is -2.17. The maximum atomic E-state index is 12.7. The van der Waals surface area contributed by atoms with E-state index in [1.165, 1.54) is 64.2 Å².